The number of carbonyl (C=O) groups is 1. The first-order valence-electron chi connectivity index (χ1n) is 7.45. The Morgan fingerprint density at radius 3 is 2.76 bits per heavy atom. The van der Waals surface area contributed by atoms with Gasteiger partial charge in [-0.05, 0) is 30.3 Å². The first-order valence-corrected chi connectivity index (χ1v) is 8.33. The van der Waals surface area contributed by atoms with E-state index in [1.165, 1.54) is 18.4 Å². The quantitative estimate of drug-likeness (QED) is 0.649. The molecule has 0 radical (unpaired) electrons. The number of esters is 1. The molecule has 0 aliphatic carbocycles. The summed E-state index contributed by atoms with van der Waals surface area (Å²) in [5, 5.41) is 11.7. The second-order valence-corrected chi connectivity index (χ2v) is 6.00. The van der Waals surface area contributed by atoms with Crippen molar-refractivity contribution in [2.45, 2.75) is 6.61 Å². The zero-order valence-electron chi connectivity index (χ0n) is 13.4. The highest BCUT2D eigenvalue weighted by atomic mass is 32.1. The number of thiazole rings is 1. The highest BCUT2D eigenvalue weighted by Crippen LogP contribution is 2.25. The predicted molar refractivity (Wildman–Crippen MR) is 94.4 cm³/mol. The molecule has 6 heteroatoms. The molecule has 0 fully saturated rings. The summed E-state index contributed by atoms with van der Waals surface area (Å²) in [4.78, 5) is 16.0. The van der Waals surface area contributed by atoms with E-state index in [2.05, 4.69) is 15.8 Å². The van der Waals surface area contributed by atoms with Crippen LogP contribution in [-0.2, 0) is 11.3 Å². The Balaban J connectivity index is 1.68. The van der Waals surface area contributed by atoms with Crippen LogP contribution in [0.15, 0.2) is 53.9 Å². The Morgan fingerprint density at radius 2 is 2.04 bits per heavy atom. The van der Waals surface area contributed by atoms with Crippen molar-refractivity contribution in [3.05, 3.63) is 70.7 Å². The van der Waals surface area contributed by atoms with Crippen molar-refractivity contribution >= 4 is 17.3 Å². The molecule has 3 aromatic rings. The zero-order chi connectivity index (χ0) is 17.6. The molecule has 0 aliphatic heterocycles. The van der Waals surface area contributed by atoms with Crippen LogP contribution in [0.25, 0.3) is 10.6 Å². The third-order valence-corrected chi connectivity index (χ3v) is 4.39. The van der Waals surface area contributed by atoms with Crippen molar-refractivity contribution in [2.24, 2.45) is 0 Å². The number of nitriles is 1. The van der Waals surface area contributed by atoms with Gasteiger partial charge in [0.1, 0.15) is 17.4 Å². The first kappa shape index (κ1) is 16.7. The molecule has 2 aromatic carbocycles. The van der Waals surface area contributed by atoms with Crippen LogP contribution in [-0.4, -0.2) is 18.1 Å². The summed E-state index contributed by atoms with van der Waals surface area (Å²) >= 11 is 1.51. The number of ether oxygens (including phenoxy) is 2. The highest BCUT2D eigenvalue weighted by molar-refractivity contribution is 7.13. The monoisotopic (exact) mass is 350 g/mol. The Morgan fingerprint density at radius 1 is 1.24 bits per heavy atom. The lowest BCUT2D eigenvalue weighted by Crippen LogP contribution is -2.00. The number of methoxy groups -OCH3 is 1. The van der Waals surface area contributed by atoms with Crippen LogP contribution in [0.1, 0.15) is 21.6 Å². The summed E-state index contributed by atoms with van der Waals surface area (Å²) in [6, 6.07) is 16.2. The van der Waals surface area contributed by atoms with E-state index in [4.69, 9.17) is 10.00 Å². The Bertz CT molecular complexity index is 926. The molecule has 0 saturated heterocycles. The average molecular weight is 350 g/mol. The minimum atomic E-state index is -0.362. The van der Waals surface area contributed by atoms with Gasteiger partial charge in [0, 0.05) is 10.9 Å². The molecular formula is C19H14N2O3S. The standard InChI is InChI=1S/C19H14N2O3S/c1-23-19(22)15-7-5-14(6-8-15)18-21-16(12-25-18)11-24-17-4-2-3-13(9-17)10-20/h2-9,12H,11H2,1H3. The van der Waals surface area contributed by atoms with Crippen LogP contribution in [0.5, 0.6) is 5.75 Å². The van der Waals surface area contributed by atoms with Gasteiger partial charge in [0.05, 0.1) is 30.0 Å². The summed E-state index contributed by atoms with van der Waals surface area (Å²) in [5.74, 6) is 0.274. The molecule has 5 nitrogen and oxygen atoms in total. The number of nitrogens with zero attached hydrogens (tertiary/aromatic N) is 2. The Kier molecular flexibility index (Phi) is 5.07. The van der Waals surface area contributed by atoms with Gasteiger partial charge in [-0.1, -0.05) is 18.2 Å². The predicted octanol–water partition coefficient (Wildman–Crippen LogP) is 4.05. The smallest absolute Gasteiger partial charge is 0.337 e. The molecule has 0 spiro atoms. The molecule has 1 aromatic heterocycles. The maximum Gasteiger partial charge on any atom is 0.337 e. The summed E-state index contributed by atoms with van der Waals surface area (Å²) in [6.45, 7) is 0.325. The van der Waals surface area contributed by atoms with Gasteiger partial charge < -0.3 is 9.47 Å². The number of aromatic nitrogens is 1. The van der Waals surface area contributed by atoms with Crippen molar-refractivity contribution < 1.29 is 14.3 Å². The molecule has 0 N–H and O–H groups in total. The number of rotatable bonds is 5. The Labute approximate surface area is 149 Å². The third kappa shape index (κ3) is 4.03. The van der Waals surface area contributed by atoms with E-state index >= 15 is 0 Å². The van der Waals surface area contributed by atoms with Crippen LogP contribution in [0.4, 0.5) is 0 Å². The first-order chi connectivity index (χ1) is 12.2. The van der Waals surface area contributed by atoms with Gasteiger partial charge in [0.15, 0.2) is 0 Å². The van der Waals surface area contributed by atoms with Gasteiger partial charge in [0.25, 0.3) is 0 Å². The molecule has 0 atom stereocenters. The lowest BCUT2D eigenvalue weighted by Gasteiger charge is -2.04. The molecule has 25 heavy (non-hydrogen) atoms. The van der Waals surface area contributed by atoms with Crippen molar-refractivity contribution in [1.82, 2.24) is 4.98 Å². The van der Waals surface area contributed by atoms with E-state index < -0.39 is 0 Å². The van der Waals surface area contributed by atoms with E-state index in [0.717, 1.165) is 16.3 Å². The summed E-state index contributed by atoms with van der Waals surface area (Å²) in [7, 11) is 1.36. The third-order valence-electron chi connectivity index (χ3n) is 3.45. The lowest BCUT2D eigenvalue weighted by atomic mass is 10.1. The van der Waals surface area contributed by atoms with Crippen LogP contribution < -0.4 is 4.74 Å². The van der Waals surface area contributed by atoms with Crippen molar-refractivity contribution in [1.29, 1.82) is 5.26 Å². The van der Waals surface area contributed by atoms with Crippen molar-refractivity contribution in [3.63, 3.8) is 0 Å². The second kappa shape index (κ2) is 7.60. The fourth-order valence-corrected chi connectivity index (χ4v) is 3.00. The fourth-order valence-electron chi connectivity index (χ4n) is 2.19. The van der Waals surface area contributed by atoms with Crippen LogP contribution in [0.3, 0.4) is 0 Å². The molecule has 0 aliphatic rings. The molecule has 0 unspecified atom stereocenters. The van der Waals surface area contributed by atoms with Crippen LogP contribution in [0, 0.1) is 11.3 Å². The summed E-state index contributed by atoms with van der Waals surface area (Å²) in [6.07, 6.45) is 0. The zero-order valence-corrected chi connectivity index (χ0v) is 14.2. The second-order valence-electron chi connectivity index (χ2n) is 5.14. The molecule has 0 amide bonds. The van der Waals surface area contributed by atoms with Gasteiger partial charge in [-0.25, -0.2) is 9.78 Å². The number of hydrogen-bond acceptors (Lipinski definition) is 6. The minimum Gasteiger partial charge on any atom is -0.487 e. The average Bonchev–Trinajstić information content (AvgIpc) is 3.15. The number of hydrogen-bond donors (Lipinski definition) is 0. The maximum absolute atomic E-state index is 11.5. The van der Waals surface area contributed by atoms with E-state index in [-0.39, 0.29) is 5.97 Å². The number of benzene rings is 2. The summed E-state index contributed by atoms with van der Waals surface area (Å²) < 4.78 is 10.4. The van der Waals surface area contributed by atoms with Crippen molar-refractivity contribution in [2.75, 3.05) is 7.11 Å². The highest BCUT2D eigenvalue weighted by Gasteiger charge is 2.08. The minimum absolute atomic E-state index is 0.325. The van der Waals surface area contributed by atoms with Crippen molar-refractivity contribution in [3.8, 4) is 22.4 Å². The molecule has 0 saturated carbocycles. The fraction of sp³-hybridized carbons (Fsp3) is 0.105. The van der Waals surface area contributed by atoms with E-state index in [1.807, 2.05) is 17.5 Å². The normalized spacial score (nSPS) is 10.1. The van der Waals surface area contributed by atoms with Crippen LogP contribution in [0.2, 0.25) is 0 Å². The van der Waals surface area contributed by atoms with E-state index in [0.29, 0.717) is 23.5 Å². The van der Waals surface area contributed by atoms with E-state index in [1.54, 1.807) is 36.4 Å². The SMILES string of the molecule is COC(=O)c1ccc(-c2nc(COc3cccc(C#N)c3)cs2)cc1. The van der Waals surface area contributed by atoms with E-state index in [9.17, 15) is 4.79 Å². The van der Waals surface area contributed by atoms with Gasteiger partial charge in [-0.15, -0.1) is 11.3 Å². The van der Waals surface area contributed by atoms with Gasteiger partial charge in [0.2, 0.25) is 0 Å². The largest absolute Gasteiger partial charge is 0.487 e. The Hall–Kier alpha value is -3.17. The summed E-state index contributed by atoms with van der Waals surface area (Å²) in [5.41, 5.74) is 2.79. The molecular weight excluding hydrogens is 336 g/mol. The van der Waals surface area contributed by atoms with Gasteiger partial charge >= 0.3 is 5.97 Å². The van der Waals surface area contributed by atoms with Gasteiger partial charge in [-0.3, -0.25) is 0 Å². The lowest BCUT2D eigenvalue weighted by molar-refractivity contribution is 0.0601. The van der Waals surface area contributed by atoms with Gasteiger partial charge in [-0.2, -0.15) is 5.26 Å². The molecule has 124 valence electrons. The van der Waals surface area contributed by atoms with Crippen LogP contribution >= 0.6 is 11.3 Å². The topological polar surface area (TPSA) is 72.2 Å². The molecule has 1 heterocycles. The maximum atomic E-state index is 11.5. The molecule has 3 rings (SSSR count). The molecule has 0 bridgehead atoms. The number of carbonyl (C=O) groups excluding carboxylic acids is 1.